The molecule has 0 saturated carbocycles. The lowest BCUT2D eigenvalue weighted by molar-refractivity contribution is -0.385. The van der Waals surface area contributed by atoms with Crippen molar-refractivity contribution >= 4 is 23.2 Å². The van der Waals surface area contributed by atoms with Crippen LogP contribution in [0.25, 0.3) is 0 Å². The summed E-state index contributed by atoms with van der Waals surface area (Å²) in [7, 11) is 1.23. The summed E-state index contributed by atoms with van der Waals surface area (Å²) in [6.07, 6.45) is 2.53. The number of nitrogens with two attached hydrogens (primary N) is 1. The molecule has 0 aromatic carbocycles. The maximum Gasteiger partial charge on any atom is 0.350 e. The van der Waals surface area contributed by atoms with Gasteiger partial charge in [-0.25, -0.2) is 0 Å². The highest BCUT2D eigenvalue weighted by molar-refractivity contribution is 6.01. The van der Waals surface area contributed by atoms with Gasteiger partial charge < -0.3 is 15.8 Å². The Kier molecular flexibility index (Phi) is 4.77. The number of aromatic nitrogens is 4. The summed E-state index contributed by atoms with van der Waals surface area (Å²) in [5, 5.41) is 21.0. The molecule has 0 bridgehead atoms. The first-order valence-corrected chi connectivity index (χ1v) is 6.78. The van der Waals surface area contributed by atoms with Gasteiger partial charge in [0.15, 0.2) is 5.69 Å². The molecule has 0 aliphatic carbocycles. The third-order valence-corrected chi connectivity index (χ3v) is 3.00. The number of ether oxygens (including phenoxy) is 1. The Labute approximate surface area is 135 Å². The first-order chi connectivity index (χ1) is 11.3. The van der Waals surface area contributed by atoms with E-state index in [2.05, 4.69) is 15.5 Å². The lowest BCUT2D eigenvalue weighted by Gasteiger charge is -2.03. The fourth-order valence-corrected chi connectivity index (χ4v) is 1.94. The van der Waals surface area contributed by atoms with Crippen LogP contribution in [0.15, 0.2) is 12.4 Å². The Morgan fingerprint density at radius 3 is 2.58 bits per heavy atom. The van der Waals surface area contributed by atoms with Crippen molar-refractivity contribution in [1.82, 2.24) is 19.6 Å². The van der Waals surface area contributed by atoms with Gasteiger partial charge in [0.1, 0.15) is 12.7 Å². The topological polar surface area (TPSA) is 160 Å². The van der Waals surface area contributed by atoms with Crippen LogP contribution in [0.3, 0.4) is 0 Å². The Morgan fingerprint density at radius 2 is 2.08 bits per heavy atom. The molecule has 2 rings (SSSR count). The standard InChI is InChI=1S/C12H15N7O5/c1-3-17-4-7(10(15-17)11(13)21)14-9(20)6-18-5-8(19(22)23)12(16-18)24-2/h4-5H,3,6H2,1-2H3,(H2,13,21)(H,14,20). The summed E-state index contributed by atoms with van der Waals surface area (Å²) < 4.78 is 7.27. The maximum absolute atomic E-state index is 12.1. The molecule has 0 aliphatic rings. The van der Waals surface area contributed by atoms with E-state index < -0.39 is 16.7 Å². The maximum atomic E-state index is 12.1. The lowest BCUT2D eigenvalue weighted by atomic mass is 10.3. The fourth-order valence-electron chi connectivity index (χ4n) is 1.94. The van der Waals surface area contributed by atoms with Gasteiger partial charge in [0, 0.05) is 12.7 Å². The first-order valence-electron chi connectivity index (χ1n) is 6.78. The van der Waals surface area contributed by atoms with Gasteiger partial charge in [0.25, 0.3) is 5.91 Å². The van der Waals surface area contributed by atoms with Crippen LogP contribution in [0.5, 0.6) is 5.88 Å². The van der Waals surface area contributed by atoms with Crippen LogP contribution in [-0.4, -0.2) is 43.4 Å². The van der Waals surface area contributed by atoms with Gasteiger partial charge >= 0.3 is 11.6 Å². The molecule has 2 aromatic heterocycles. The molecule has 128 valence electrons. The number of anilines is 1. The van der Waals surface area contributed by atoms with Crippen molar-refractivity contribution in [2.24, 2.45) is 5.73 Å². The van der Waals surface area contributed by atoms with Crippen LogP contribution in [-0.2, 0) is 17.9 Å². The SMILES string of the molecule is CCn1cc(NC(=O)Cn2cc([N+](=O)[O-])c(OC)n2)c(C(N)=O)n1. The number of nitro groups is 1. The van der Waals surface area contributed by atoms with Crippen LogP contribution in [0.2, 0.25) is 0 Å². The number of carbonyl (C=O) groups is 2. The zero-order valence-electron chi connectivity index (χ0n) is 12.9. The molecule has 0 spiro atoms. The van der Waals surface area contributed by atoms with Crippen LogP contribution >= 0.6 is 0 Å². The van der Waals surface area contributed by atoms with Gasteiger partial charge in [-0.2, -0.15) is 5.10 Å². The largest absolute Gasteiger partial charge is 0.475 e. The van der Waals surface area contributed by atoms with E-state index in [4.69, 9.17) is 10.5 Å². The Morgan fingerprint density at radius 1 is 1.38 bits per heavy atom. The van der Waals surface area contributed by atoms with Crippen LogP contribution in [0.4, 0.5) is 11.4 Å². The van der Waals surface area contributed by atoms with Crippen LogP contribution in [0.1, 0.15) is 17.4 Å². The fraction of sp³-hybridized carbons (Fsp3) is 0.333. The Bertz CT molecular complexity index is 794. The third kappa shape index (κ3) is 3.48. The molecule has 0 fully saturated rings. The van der Waals surface area contributed by atoms with Gasteiger partial charge in [-0.05, 0) is 6.92 Å². The van der Waals surface area contributed by atoms with Crippen molar-refractivity contribution in [3.8, 4) is 5.88 Å². The highest BCUT2D eigenvalue weighted by Crippen LogP contribution is 2.24. The average Bonchev–Trinajstić information content (AvgIpc) is 3.10. The van der Waals surface area contributed by atoms with E-state index in [1.807, 2.05) is 0 Å². The van der Waals surface area contributed by atoms with Gasteiger partial charge in [-0.3, -0.25) is 29.1 Å². The number of hydrogen-bond donors (Lipinski definition) is 2. The second-order valence-electron chi connectivity index (χ2n) is 4.64. The van der Waals surface area contributed by atoms with E-state index >= 15 is 0 Å². The predicted octanol–water partition coefficient (Wildman–Crippen LogP) is -0.246. The van der Waals surface area contributed by atoms with Crippen molar-refractivity contribution in [3.63, 3.8) is 0 Å². The smallest absolute Gasteiger partial charge is 0.350 e. The van der Waals surface area contributed by atoms with E-state index in [1.54, 1.807) is 6.92 Å². The molecule has 3 N–H and O–H groups in total. The second-order valence-corrected chi connectivity index (χ2v) is 4.64. The molecule has 2 amide bonds. The molecule has 12 heteroatoms. The number of aryl methyl sites for hydroxylation is 1. The Balaban J connectivity index is 2.15. The molecule has 24 heavy (non-hydrogen) atoms. The van der Waals surface area contributed by atoms with Crippen molar-refractivity contribution < 1.29 is 19.2 Å². The number of primary amides is 1. The number of hydrogen-bond acceptors (Lipinski definition) is 7. The number of rotatable bonds is 7. The second kappa shape index (κ2) is 6.76. The highest BCUT2D eigenvalue weighted by Gasteiger charge is 2.22. The number of methoxy groups -OCH3 is 1. The molecule has 0 radical (unpaired) electrons. The molecule has 0 unspecified atom stereocenters. The van der Waals surface area contributed by atoms with E-state index in [-0.39, 0.29) is 29.5 Å². The third-order valence-electron chi connectivity index (χ3n) is 3.00. The van der Waals surface area contributed by atoms with Crippen molar-refractivity contribution in [2.75, 3.05) is 12.4 Å². The molecule has 12 nitrogen and oxygen atoms in total. The average molecular weight is 337 g/mol. The molecule has 2 aromatic rings. The minimum atomic E-state index is -0.783. The highest BCUT2D eigenvalue weighted by atomic mass is 16.6. The van der Waals surface area contributed by atoms with Crippen molar-refractivity contribution in [2.45, 2.75) is 20.0 Å². The molecular weight excluding hydrogens is 322 g/mol. The van der Waals surface area contributed by atoms with Crippen LogP contribution < -0.4 is 15.8 Å². The van der Waals surface area contributed by atoms with Gasteiger partial charge in [-0.15, -0.1) is 5.10 Å². The zero-order chi connectivity index (χ0) is 17.9. The zero-order valence-corrected chi connectivity index (χ0v) is 12.9. The Hall–Kier alpha value is -3.44. The summed E-state index contributed by atoms with van der Waals surface area (Å²) in [6, 6.07) is 0. The number of amides is 2. The van der Waals surface area contributed by atoms with E-state index in [9.17, 15) is 19.7 Å². The van der Waals surface area contributed by atoms with E-state index in [0.29, 0.717) is 6.54 Å². The monoisotopic (exact) mass is 337 g/mol. The van der Waals surface area contributed by atoms with Gasteiger partial charge in [0.2, 0.25) is 5.91 Å². The van der Waals surface area contributed by atoms with Gasteiger partial charge in [-0.1, -0.05) is 0 Å². The number of nitrogens with zero attached hydrogens (tertiary/aromatic N) is 5. The quantitative estimate of drug-likeness (QED) is 0.520. The summed E-state index contributed by atoms with van der Waals surface area (Å²) in [5.41, 5.74) is 4.93. The minimum Gasteiger partial charge on any atom is -0.475 e. The van der Waals surface area contributed by atoms with Crippen molar-refractivity contribution in [3.05, 3.63) is 28.2 Å². The summed E-state index contributed by atoms with van der Waals surface area (Å²) in [6.45, 7) is 1.97. The van der Waals surface area contributed by atoms with Crippen LogP contribution in [0, 0.1) is 10.1 Å². The summed E-state index contributed by atoms with van der Waals surface area (Å²) >= 11 is 0. The first kappa shape index (κ1) is 16.9. The van der Waals surface area contributed by atoms with E-state index in [0.717, 1.165) is 10.9 Å². The minimum absolute atomic E-state index is 0.0748. The molecular formula is C12H15N7O5. The number of carbonyl (C=O) groups excluding carboxylic acids is 2. The summed E-state index contributed by atoms with van der Waals surface area (Å²) in [4.78, 5) is 33.6. The predicted molar refractivity (Wildman–Crippen MR) is 80.5 cm³/mol. The molecule has 0 saturated heterocycles. The number of nitrogens with one attached hydrogen (secondary N) is 1. The lowest BCUT2D eigenvalue weighted by Crippen LogP contribution is -2.21. The molecule has 0 aliphatic heterocycles. The van der Waals surface area contributed by atoms with Gasteiger partial charge in [0.05, 0.1) is 17.7 Å². The summed E-state index contributed by atoms with van der Waals surface area (Å²) in [5.74, 6) is -1.55. The van der Waals surface area contributed by atoms with E-state index in [1.165, 1.54) is 18.0 Å². The molecule has 2 heterocycles. The molecule has 0 atom stereocenters. The normalized spacial score (nSPS) is 10.4. The van der Waals surface area contributed by atoms with Crippen molar-refractivity contribution in [1.29, 1.82) is 0 Å².